The predicted octanol–water partition coefficient (Wildman–Crippen LogP) is 3.71. The van der Waals surface area contributed by atoms with Gasteiger partial charge < -0.3 is 10.1 Å². The van der Waals surface area contributed by atoms with Crippen molar-refractivity contribution in [2.75, 3.05) is 11.9 Å². The van der Waals surface area contributed by atoms with Crippen LogP contribution in [0.5, 0.6) is 0 Å². The minimum absolute atomic E-state index is 0.0347. The highest BCUT2D eigenvalue weighted by atomic mass is 79.9. The number of nitrogens with one attached hydrogen (secondary N) is 1. The Labute approximate surface area is 107 Å². The van der Waals surface area contributed by atoms with Gasteiger partial charge >= 0.3 is 0 Å². The van der Waals surface area contributed by atoms with Crippen LogP contribution in [-0.2, 0) is 4.74 Å². The summed E-state index contributed by atoms with van der Waals surface area (Å²) in [6.45, 7) is 2.43. The van der Waals surface area contributed by atoms with Crippen LogP contribution >= 0.6 is 15.9 Å². The van der Waals surface area contributed by atoms with Crippen LogP contribution in [-0.4, -0.2) is 18.8 Å². The van der Waals surface area contributed by atoms with Crippen molar-refractivity contribution >= 4 is 21.6 Å². The molecule has 2 atom stereocenters. The fourth-order valence-electron chi connectivity index (χ4n) is 1.96. The molecule has 0 aromatic heterocycles. The maximum atomic E-state index is 13.5. The molecule has 1 aromatic carbocycles. The van der Waals surface area contributed by atoms with Crippen LogP contribution in [0.1, 0.15) is 19.8 Å². The third-order valence-electron chi connectivity index (χ3n) is 2.83. The Bertz CT molecular complexity index is 390. The molecular formula is C12H14BrF2NO. The Balaban J connectivity index is 1.99. The number of benzene rings is 1. The van der Waals surface area contributed by atoms with Crippen molar-refractivity contribution in [2.45, 2.75) is 32.0 Å². The van der Waals surface area contributed by atoms with E-state index >= 15 is 0 Å². The normalized spacial score (nSPS) is 24.0. The van der Waals surface area contributed by atoms with Crippen molar-refractivity contribution in [3.05, 3.63) is 28.2 Å². The van der Waals surface area contributed by atoms with Crippen molar-refractivity contribution in [3.63, 3.8) is 0 Å². The topological polar surface area (TPSA) is 21.3 Å². The third-order valence-corrected chi connectivity index (χ3v) is 3.29. The van der Waals surface area contributed by atoms with Crippen molar-refractivity contribution < 1.29 is 13.5 Å². The summed E-state index contributed by atoms with van der Waals surface area (Å²) in [5.74, 6) is -1.19. The molecule has 1 heterocycles. The van der Waals surface area contributed by atoms with Crippen LogP contribution in [0.4, 0.5) is 14.5 Å². The van der Waals surface area contributed by atoms with Crippen LogP contribution in [0, 0.1) is 11.6 Å². The van der Waals surface area contributed by atoms with Gasteiger partial charge in [0.25, 0.3) is 0 Å². The van der Waals surface area contributed by atoms with Gasteiger partial charge in [0.05, 0.1) is 12.2 Å². The highest BCUT2D eigenvalue weighted by Crippen LogP contribution is 2.25. The lowest BCUT2D eigenvalue weighted by molar-refractivity contribution is 0.0636. The number of hydrogen-bond acceptors (Lipinski definition) is 2. The molecule has 2 rings (SSSR count). The third kappa shape index (κ3) is 3.16. The van der Waals surface area contributed by atoms with E-state index < -0.39 is 11.6 Å². The minimum Gasteiger partial charge on any atom is -0.378 e. The average molecular weight is 306 g/mol. The molecule has 0 spiro atoms. The van der Waals surface area contributed by atoms with E-state index in [0.29, 0.717) is 11.0 Å². The molecule has 1 aromatic rings. The Morgan fingerprint density at radius 2 is 2.00 bits per heavy atom. The number of halogens is 3. The minimum atomic E-state index is -0.595. The van der Waals surface area contributed by atoms with Gasteiger partial charge in [0.15, 0.2) is 0 Å². The zero-order chi connectivity index (χ0) is 12.4. The second-order valence-electron chi connectivity index (χ2n) is 4.27. The summed E-state index contributed by atoms with van der Waals surface area (Å²) >= 11 is 3.04. The largest absolute Gasteiger partial charge is 0.378 e. The molecule has 5 heteroatoms. The monoisotopic (exact) mass is 305 g/mol. The van der Waals surface area contributed by atoms with Crippen molar-refractivity contribution in [1.29, 1.82) is 0 Å². The first kappa shape index (κ1) is 12.8. The molecule has 0 bridgehead atoms. The van der Waals surface area contributed by atoms with Gasteiger partial charge in [-0.1, -0.05) is 15.9 Å². The molecular weight excluding hydrogens is 292 g/mol. The second-order valence-corrected chi connectivity index (χ2v) is 5.19. The molecule has 0 radical (unpaired) electrons. The highest BCUT2D eigenvalue weighted by Gasteiger charge is 2.22. The summed E-state index contributed by atoms with van der Waals surface area (Å²) in [5, 5.41) is 2.78. The van der Waals surface area contributed by atoms with Gasteiger partial charge in [-0.3, -0.25) is 0 Å². The van der Waals surface area contributed by atoms with Crippen LogP contribution in [0.15, 0.2) is 16.6 Å². The Hall–Kier alpha value is -0.680. The summed E-state index contributed by atoms with van der Waals surface area (Å²) in [6.07, 6.45) is 2.19. The smallest absolute Gasteiger partial charge is 0.150 e. The summed E-state index contributed by atoms with van der Waals surface area (Å²) in [5.41, 5.74) is -0.0867. The van der Waals surface area contributed by atoms with Gasteiger partial charge in [-0.2, -0.15) is 0 Å². The van der Waals surface area contributed by atoms with Crippen LogP contribution in [0.3, 0.4) is 0 Å². The van der Waals surface area contributed by atoms with Crippen molar-refractivity contribution in [2.24, 2.45) is 0 Å². The second kappa shape index (κ2) is 5.31. The zero-order valence-electron chi connectivity index (χ0n) is 9.47. The standard InChI is InChI=1S/C12H14BrF2NO/c1-7-2-3-9(17-7)6-16-12-10(14)4-8(13)5-11(12)15/h4-5,7,9,16H,2-3,6H2,1H3. The summed E-state index contributed by atoms with van der Waals surface area (Å²) in [4.78, 5) is 0. The fraction of sp³-hybridized carbons (Fsp3) is 0.500. The van der Waals surface area contributed by atoms with Gasteiger partial charge in [-0.05, 0) is 31.9 Å². The fourth-order valence-corrected chi connectivity index (χ4v) is 2.36. The lowest BCUT2D eigenvalue weighted by Crippen LogP contribution is -2.20. The van der Waals surface area contributed by atoms with E-state index in [1.54, 1.807) is 0 Å². The molecule has 1 saturated heterocycles. The van der Waals surface area contributed by atoms with Gasteiger partial charge in [-0.15, -0.1) is 0 Å². The molecule has 94 valence electrons. The number of anilines is 1. The maximum absolute atomic E-state index is 13.5. The number of ether oxygens (including phenoxy) is 1. The number of hydrogen-bond donors (Lipinski definition) is 1. The van der Waals surface area contributed by atoms with E-state index in [2.05, 4.69) is 21.2 Å². The van der Waals surface area contributed by atoms with Gasteiger partial charge in [-0.25, -0.2) is 8.78 Å². The Morgan fingerprint density at radius 3 is 2.53 bits per heavy atom. The van der Waals surface area contributed by atoms with E-state index in [0.717, 1.165) is 12.8 Å². The SMILES string of the molecule is CC1CCC(CNc2c(F)cc(Br)cc2F)O1. The molecule has 2 unspecified atom stereocenters. The van der Waals surface area contributed by atoms with Crippen LogP contribution < -0.4 is 5.32 Å². The first-order valence-corrected chi connectivity index (χ1v) is 6.39. The van der Waals surface area contributed by atoms with E-state index in [1.165, 1.54) is 12.1 Å². The van der Waals surface area contributed by atoms with Gasteiger partial charge in [0, 0.05) is 11.0 Å². The Morgan fingerprint density at radius 1 is 1.35 bits per heavy atom. The maximum Gasteiger partial charge on any atom is 0.150 e. The molecule has 1 aliphatic rings. The lowest BCUT2D eigenvalue weighted by Gasteiger charge is -2.14. The Kier molecular flexibility index (Phi) is 3.99. The zero-order valence-corrected chi connectivity index (χ0v) is 11.1. The first-order valence-electron chi connectivity index (χ1n) is 5.60. The van der Waals surface area contributed by atoms with E-state index in [9.17, 15) is 8.78 Å². The first-order chi connectivity index (χ1) is 8.06. The molecule has 17 heavy (non-hydrogen) atoms. The van der Waals surface area contributed by atoms with E-state index in [4.69, 9.17) is 4.74 Å². The average Bonchev–Trinajstić information content (AvgIpc) is 2.62. The van der Waals surface area contributed by atoms with Crippen molar-refractivity contribution in [1.82, 2.24) is 0 Å². The van der Waals surface area contributed by atoms with Crippen LogP contribution in [0.2, 0.25) is 0 Å². The van der Waals surface area contributed by atoms with E-state index in [1.807, 2.05) is 6.92 Å². The van der Waals surface area contributed by atoms with Gasteiger partial charge in [0.1, 0.15) is 17.3 Å². The molecule has 1 fully saturated rings. The molecule has 0 aliphatic carbocycles. The summed E-state index contributed by atoms with van der Waals surface area (Å²) < 4.78 is 32.9. The number of rotatable bonds is 3. The lowest BCUT2D eigenvalue weighted by atomic mass is 10.2. The molecule has 1 aliphatic heterocycles. The predicted molar refractivity (Wildman–Crippen MR) is 66.1 cm³/mol. The molecule has 0 amide bonds. The quantitative estimate of drug-likeness (QED) is 0.919. The highest BCUT2D eigenvalue weighted by molar-refractivity contribution is 9.10. The van der Waals surface area contributed by atoms with Crippen molar-refractivity contribution in [3.8, 4) is 0 Å². The molecule has 0 saturated carbocycles. The summed E-state index contributed by atoms with van der Waals surface area (Å²) in [6, 6.07) is 2.48. The van der Waals surface area contributed by atoms with Crippen LogP contribution in [0.25, 0.3) is 0 Å². The van der Waals surface area contributed by atoms with E-state index in [-0.39, 0.29) is 17.9 Å². The summed E-state index contributed by atoms with van der Waals surface area (Å²) in [7, 11) is 0. The molecule has 1 N–H and O–H groups in total. The molecule has 2 nitrogen and oxygen atoms in total. The van der Waals surface area contributed by atoms with Gasteiger partial charge in [0.2, 0.25) is 0 Å².